The maximum Gasteiger partial charge on any atom is 0.417 e. The monoisotopic (exact) mass is 440 g/mol. The number of carbonyl (C=O) groups is 1. The number of halogens is 5. The Balaban J connectivity index is 0.00000196. The normalized spacial score (nSPS) is 16.9. The number of aromatic nitrogens is 4. The van der Waals surface area contributed by atoms with Crippen LogP contribution in [0.1, 0.15) is 28.9 Å². The van der Waals surface area contributed by atoms with Crippen LogP contribution in [-0.2, 0) is 6.18 Å². The van der Waals surface area contributed by atoms with Gasteiger partial charge in [-0.05, 0) is 44.5 Å². The molecule has 1 fully saturated rings. The van der Waals surface area contributed by atoms with E-state index in [0.717, 1.165) is 31.6 Å². The first-order valence-electron chi connectivity index (χ1n) is 8.28. The molecule has 1 N–H and O–H groups in total. The minimum absolute atomic E-state index is 0. The number of hydrogen-bond donors (Lipinski definition) is 1. The van der Waals surface area contributed by atoms with Crippen LogP contribution in [0.5, 0.6) is 0 Å². The molecule has 12 heteroatoms. The van der Waals surface area contributed by atoms with Gasteiger partial charge in [0.1, 0.15) is 0 Å². The third-order valence-electron chi connectivity index (χ3n) is 4.32. The molecule has 3 heterocycles. The maximum atomic E-state index is 12.6. The Labute approximate surface area is 172 Å². The van der Waals surface area contributed by atoms with E-state index in [1.807, 2.05) is 7.05 Å². The summed E-state index contributed by atoms with van der Waals surface area (Å²) in [4.78, 5) is 18.1. The highest BCUT2D eigenvalue weighted by atomic mass is 35.5. The molecule has 2 aromatic rings. The molecule has 0 aliphatic carbocycles. The summed E-state index contributed by atoms with van der Waals surface area (Å²) >= 11 is 0. The lowest BCUT2D eigenvalue weighted by Gasteiger charge is -2.32. The van der Waals surface area contributed by atoms with Gasteiger partial charge in [0.25, 0.3) is 5.91 Å². The van der Waals surface area contributed by atoms with Crippen LogP contribution < -0.4 is 5.32 Å². The summed E-state index contributed by atoms with van der Waals surface area (Å²) in [5, 5.41) is 10.8. The van der Waals surface area contributed by atoms with Crippen LogP contribution in [0, 0.1) is 5.92 Å². The number of hydrogen-bond acceptors (Lipinski definition) is 5. The first kappa shape index (κ1) is 24.1. The van der Waals surface area contributed by atoms with Crippen molar-refractivity contribution in [2.24, 2.45) is 5.92 Å². The van der Waals surface area contributed by atoms with Gasteiger partial charge in [0.05, 0.1) is 11.8 Å². The van der Waals surface area contributed by atoms with Gasteiger partial charge in [-0.1, -0.05) is 5.21 Å². The van der Waals surface area contributed by atoms with Crippen molar-refractivity contribution in [1.29, 1.82) is 0 Å². The molecular formula is C16H21Cl2F3N6O. The number of carbonyl (C=O) groups excluding carboxylic acids is 1. The molecule has 1 amide bonds. The second-order valence-electron chi connectivity index (χ2n) is 6.27. The SMILES string of the molecule is CNCC1CCCN(C(=O)c2cn(-c3ccc(C(F)(F)F)cn3)nn2)C1.Cl.Cl. The van der Waals surface area contributed by atoms with Crippen LogP contribution in [0.25, 0.3) is 5.82 Å². The molecule has 156 valence electrons. The average Bonchev–Trinajstić information content (AvgIpc) is 3.11. The number of piperidine rings is 1. The Hall–Kier alpha value is -1.91. The van der Waals surface area contributed by atoms with Gasteiger partial charge in [-0.15, -0.1) is 29.9 Å². The lowest BCUT2D eigenvalue weighted by Crippen LogP contribution is -2.42. The Morgan fingerprint density at radius 3 is 2.68 bits per heavy atom. The Kier molecular flexibility index (Phi) is 8.65. The molecule has 28 heavy (non-hydrogen) atoms. The number of pyridine rings is 1. The van der Waals surface area contributed by atoms with E-state index in [1.165, 1.54) is 16.9 Å². The Morgan fingerprint density at radius 2 is 2.07 bits per heavy atom. The number of nitrogens with one attached hydrogen (secondary N) is 1. The summed E-state index contributed by atoms with van der Waals surface area (Å²) in [6.45, 7) is 2.14. The molecule has 1 aliphatic heterocycles. The molecule has 0 bridgehead atoms. The Bertz CT molecular complexity index is 766. The van der Waals surface area contributed by atoms with Gasteiger partial charge in [0, 0.05) is 19.3 Å². The van der Waals surface area contributed by atoms with Crippen LogP contribution in [-0.4, -0.2) is 57.5 Å². The zero-order chi connectivity index (χ0) is 18.7. The highest BCUT2D eigenvalue weighted by Gasteiger charge is 2.31. The molecule has 3 rings (SSSR count). The maximum absolute atomic E-state index is 12.6. The van der Waals surface area contributed by atoms with Crippen molar-refractivity contribution in [1.82, 2.24) is 30.2 Å². The molecule has 1 saturated heterocycles. The fraction of sp³-hybridized carbons (Fsp3) is 0.500. The molecule has 7 nitrogen and oxygen atoms in total. The summed E-state index contributed by atoms with van der Waals surface area (Å²) in [5.74, 6) is 0.324. The minimum atomic E-state index is -4.45. The van der Waals surface area contributed by atoms with Crippen LogP contribution in [0.15, 0.2) is 24.5 Å². The predicted molar refractivity (Wildman–Crippen MR) is 101 cm³/mol. The van der Waals surface area contributed by atoms with E-state index < -0.39 is 11.7 Å². The molecule has 1 aliphatic rings. The van der Waals surface area contributed by atoms with E-state index in [1.54, 1.807) is 4.90 Å². The van der Waals surface area contributed by atoms with Crippen molar-refractivity contribution in [2.75, 3.05) is 26.7 Å². The summed E-state index contributed by atoms with van der Waals surface area (Å²) in [7, 11) is 1.88. The van der Waals surface area contributed by atoms with Gasteiger partial charge in [-0.2, -0.15) is 13.2 Å². The molecule has 1 atom stereocenters. The minimum Gasteiger partial charge on any atom is -0.337 e. The number of alkyl halides is 3. The van der Waals surface area contributed by atoms with Crippen molar-refractivity contribution >= 4 is 30.7 Å². The largest absolute Gasteiger partial charge is 0.417 e. The van der Waals surface area contributed by atoms with Crippen molar-refractivity contribution in [3.05, 3.63) is 35.8 Å². The van der Waals surface area contributed by atoms with Crippen molar-refractivity contribution in [3.63, 3.8) is 0 Å². The van der Waals surface area contributed by atoms with Crippen molar-refractivity contribution in [2.45, 2.75) is 19.0 Å². The van der Waals surface area contributed by atoms with Crippen LogP contribution >= 0.6 is 24.8 Å². The third kappa shape index (κ3) is 5.55. The highest BCUT2D eigenvalue weighted by molar-refractivity contribution is 5.92. The van der Waals surface area contributed by atoms with Crippen molar-refractivity contribution < 1.29 is 18.0 Å². The lowest BCUT2D eigenvalue weighted by atomic mass is 9.98. The number of amides is 1. The summed E-state index contributed by atoms with van der Waals surface area (Å²) in [6.07, 6.45) is -0.349. The van der Waals surface area contributed by atoms with E-state index >= 15 is 0 Å². The van der Waals surface area contributed by atoms with E-state index in [-0.39, 0.29) is 42.2 Å². The third-order valence-corrected chi connectivity index (χ3v) is 4.32. The summed E-state index contributed by atoms with van der Waals surface area (Å²) < 4.78 is 39.0. The lowest BCUT2D eigenvalue weighted by molar-refractivity contribution is -0.137. The fourth-order valence-electron chi connectivity index (χ4n) is 3.03. The second kappa shape index (κ2) is 10.0. The Morgan fingerprint density at radius 1 is 1.32 bits per heavy atom. The average molecular weight is 441 g/mol. The van der Waals surface area contributed by atoms with Gasteiger partial charge < -0.3 is 10.2 Å². The van der Waals surface area contributed by atoms with Crippen LogP contribution in [0.2, 0.25) is 0 Å². The predicted octanol–water partition coefficient (Wildman–Crippen LogP) is 2.60. The number of nitrogens with zero attached hydrogens (tertiary/aromatic N) is 5. The molecule has 0 aromatic carbocycles. The zero-order valence-electron chi connectivity index (χ0n) is 15.0. The highest BCUT2D eigenvalue weighted by Crippen LogP contribution is 2.28. The molecular weight excluding hydrogens is 420 g/mol. The van der Waals surface area contributed by atoms with Crippen LogP contribution in [0.3, 0.4) is 0 Å². The summed E-state index contributed by atoms with van der Waals surface area (Å²) in [6, 6.07) is 2.11. The second-order valence-corrected chi connectivity index (χ2v) is 6.27. The van der Waals surface area contributed by atoms with Crippen LogP contribution in [0.4, 0.5) is 13.2 Å². The van der Waals surface area contributed by atoms with E-state index in [4.69, 9.17) is 0 Å². The number of rotatable bonds is 4. The fourth-order valence-corrected chi connectivity index (χ4v) is 3.03. The van der Waals surface area contributed by atoms with Gasteiger partial charge in [0.2, 0.25) is 0 Å². The quantitative estimate of drug-likeness (QED) is 0.790. The summed E-state index contributed by atoms with van der Waals surface area (Å²) in [5.41, 5.74) is -0.696. The molecule has 1 unspecified atom stereocenters. The first-order chi connectivity index (χ1) is 12.4. The molecule has 0 spiro atoms. The first-order valence-corrected chi connectivity index (χ1v) is 8.28. The van der Waals surface area contributed by atoms with Crippen molar-refractivity contribution in [3.8, 4) is 5.82 Å². The van der Waals surface area contributed by atoms with Gasteiger partial charge in [-0.3, -0.25) is 4.79 Å². The number of likely N-dealkylation sites (tertiary alicyclic amines) is 1. The van der Waals surface area contributed by atoms with E-state index in [2.05, 4.69) is 20.6 Å². The smallest absolute Gasteiger partial charge is 0.337 e. The molecule has 0 saturated carbocycles. The van der Waals surface area contributed by atoms with E-state index in [0.29, 0.717) is 19.0 Å². The standard InChI is InChI=1S/C16H19F3N6O.2ClH/c1-20-7-11-3-2-6-24(9-11)15(26)13-10-25(23-22-13)14-5-4-12(8-21-14)16(17,18)19;;/h4-5,8,10-11,20H,2-3,6-7,9H2,1H3;2*1H. The molecule has 0 radical (unpaired) electrons. The topological polar surface area (TPSA) is 75.9 Å². The van der Waals surface area contributed by atoms with Gasteiger partial charge in [-0.25, -0.2) is 9.67 Å². The van der Waals surface area contributed by atoms with Gasteiger partial charge in [0.15, 0.2) is 11.5 Å². The zero-order valence-corrected chi connectivity index (χ0v) is 16.6. The van der Waals surface area contributed by atoms with Gasteiger partial charge >= 0.3 is 6.18 Å². The van der Waals surface area contributed by atoms with E-state index in [9.17, 15) is 18.0 Å². The molecule has 2 aromatic heterocycles.